The molecule has 0 bridgehead atoms. The average Bonchev–Trinajstić information content (AvgIpc) is 3.68. The Kier molecular flexibility index (Phi) is 9.56. The van der Waals surface area contributed by atoms with Gasteiger partial charge < -0.3 is 9.47 Å². The molecular formula is C55H33N7. The van der Waals surface area contributed by atoms with Gasteiger partial charge in [-0.25, -0.2) is 9.97 Å². The van der Waals surface area contributed by atoms with Gasteiger partial charge in [-0.3, -0.25) is 0 Å². The lowest BCUT2D eigenvalue weighted by molar-refractivity contribution is 1.17. The fourth-order valence-corrected chi connectivity index (χ4v) is 8.08. The number of fused-ring (bicyclic) bond motifs is 3. The van der Waals surface area contributed by atoms with Gasteiger partial charge >= 0.3 is 0 Å². The molecule has 62 heavy (non-hydrogen) atoms. The first-order valence-electron chi connectivity index (χ1n) is 20.1. The average molecular weight is 792 g/mol. The minimum Gasteiger partial charge on any atom is -0.310 e. The summed E-state index contributed by atoms with van der Waals surface area (Å²) < 4.78 is 2.16. The lowest BCUT2D eigenvalue weighted by Crippen LogP contribution is -2.10. The number of rotatable bonds is 8. The first kappa shape index (κ1) is 37.2. The van der Waals surface area contributed by atoms with Crippen molar-refractivity contribution in [3.05, 3.63) is 217 Å². The highest BCUT2D eigenvalue weighted by Crippen LogP contribution is 2.41. The molecule has 0 atom stereocenters. The summed E-state index contributed by atoms with van der Waals surface area (Å²) >= 11 is 0. The highest BCUT2D eigenvalue weighted by Gasteiger charge is 2.20. The molecule has 0 aliphatic heterocycles. The molecule has 10 rings (SSSR count). The topological polar surface area (TPSA) is 105 Å². The molecule has 0 fully saturated rings. The molecule has 7 nitrogen and oxygen atoms in total. The number of hydrogen-bond acceptors (Lipinski definition) is 6. The Morgan fingerprint density at radius 3 is 1.52 bits per heavy atom. The number of hydrogen-bond donors (Lipinski definition) is 0. The number of benzene rings is 8. The molecule has 0 aliphatic rings. The Labute approximate surface area is 358 Å². The van der Waals surface area contributed by atoms with Crippen LogP contribution >= 0.6 is 0 Å². The predicted octanol–water partition coefficient (Wildman–Crippen LogP) is 13.3. The van der Waals surface area contributed by atoms with Crippen LogP contribution in [0, 0.1) is 34.0 Å². The van der Waals surface area contributed by atoms with Gasteiger partial charge in [0.05, 0.1) is 56.9 Å². The Hall–Kier alpha value is -9.09. The van der Waals surface area contributed by atoms with E-state index in [0.717, 1.165) is 83.8 Å². The third kappa shape index (κ3) is 6.87. The van der Waals surface area contributed by atoms with E-state index >= 15 is 0 Å². The van der Waals surface area contributed by atoms with Gasteiger partial charge in [0.25, 0.3) is 0 Å². The molecule has 0 aliphatic carbocycles. The Balaban J connectivity index is 1.03. The second kappa shape index (κ2) is 15.9. The van der Waals surface area contributed by atoms with Crippen molar-refractivity contribution in [3.8, 4) is 68.9 Å². The van der Waals surface area contributed by atoms with E-state index in [1.165, 1.54) is 0 Å². The van der Waals surface area contributed by atoms with E-state index in [4.69, 9.17) is 9.97 Å². The van der Waals surface area contributed by atoms with Gasteiger partial charge in [-0.2, -0.15) is 15.8 Å². The third-order valence-corrected chi connectivity index (χ3v) is 11.1. The van der Waals surface area contributed by atoms with Gasteiger partial charge in [0.1, 0.15) is 6.07 Å². The van der Waals surface area contributed by atoms with Crippen LogP contribution in [-0.2, 0) is 0 Å². The third-order valence-electron chi connectivity index (χ3n) is 11.1. The van der Waals surface area contributed by atoms with Crippen molar-refractivity contribution in [1.82, 2.24) is 14.5 Å². The van der Waals surface area contributed by atoms with Crippen LogP contribution in [0.2, 0.25) is 0 Å². The van der Waals surface area contributed by atoms with Crippen molar-refractivity contribution in [2.75, 3.05) is 4.90 Å². The fraction of sp³-hybridized carbons (Fsp3) is 0. The van der Waals surface area contributed by atoms with Gasteiger partial charge in [0.2, 0.25) is 0 Å². The molecule has 10 aromatic rings. The molecule has 0 saturated carbocycles. The van der Waals surface area contributed by atoms with Crippen LogP contribution in [-0.4, -0.2) is 14.5 Å². The quantitative estimate of drug-likeness (QED) is 0.152. The second-order valence-corrected chi connectivity index (χ2v) is 14.8. The van der Waals surface area contributed by atoms with Crippen molar-refractivity contribution in [3.63, 3.8) is 0 Å². The highest BCUT2D eigenvalue weighted by atomic mass is 15.1. The van der Waals surface area contributed by atoms with Crippen LogP contribution in [0.15, 0.2) is 200 Å². The molecule has 0 spiro atoms. The zero-order valence-corrected chi connectivity index (χ0v) is 33.2. The predicted molar refractivity (Wildman–Crippen MR) is 247 cm³/mol. The van der Waals surface area contributed by atoms with E-state index in [1.54, 1.807) is 24.3 Å². The first-order chi connectivity index (χ1) is 30.6. The Morgan fingerprint density at radius 2 is 0.903 bits per heavy atom. The first-order valence-corrected chi connectivity index (χ1v) is 20.1. The molecule has 2 heterocycles. The number of aromatic nitrogens is 3. The SMILES string of the molecule is N#Cc1ccc(N(c2ccc(C#N)cc2)c2ccc3c(c2)c2ccccc2n3-c2ccc(-c3ccc(-c4cc(-c5ccccc5)nc(-c5ccccc5)n4)cc3)cc2C#N)cc1. The highest BCUT2D eigenvalue weighted by molar-refractivity contribution is 6.11. The normalized spacial score (nSPS) is 10.9. The molecule has 0 N–H and O–H groups in total. The molecular weight excluding hydrogens is 759 g/mol. The van der Waals surface area contributed by atoms with Gasteiger partial charge in [0.15, 0.2) is 5.82 Å². The van der Waals surface area contributed by atoms with E-state index < -0.39 is 0 Å². The lowest BCUT2D eigenvalue weighted by Gasteiger charge is -2.25. The van der Waals surface area contributed by atoms with Gasteiger partial charge in [0, 0.05) is 44.5 Å². The van der Waals surface area contributed by atoms with Crippen molar-refractivity contribution >= 4 is 38.9 Å². The van der Waals surface area contributed by atoms with Crippen molar-refractivity contribution < 1.29 is 0 Å². The summed E-state index contributed by atoms with van der Waals surface area (Å²) in [4.78, 5) is 12.0. The van der Waals surface area contributed by atoms with Crippen LogP contribution in [0.3, 0.4) is 0 Å². The van der Waals surface area contributed by atoms with Gasteiger partial charge in [-0.1, -0.05) is 109 Å². The van der Waals surface area contributed by atoms with E-state index in [0.29, 0.717) is 22.5 Å². The molecule has 0 amide bonds. The van der Waals surface area contributed by atoms with Crippen molar-refractivity contribution in [1.29, 1.82) is 15.8 Å². The summed E-state index contributed by atoms with van der Waals surface area (Å²) in [5.41, 5.74) is 13.6. The van der Waals surface area contributed by atoms with Crippen LogP contribution in [0.1, 0.15) is 16.7 Å². The largest absolute Gasteiger partial charge is 0.310 e. The molecule has 2 aromatic heterocycles. The summed E-state index contributed by atoms with van der Waals surface area (Å²) in [6.45, 7) is 0. The molecule has 0 radical (unpaired) electrons. The van der Waals surface area contributed by atoms with E-state index in [-0.39, 0.29) is 0 Å². The van der Waals surface area contributed by atoms with E-state index in [9.17, 15) is 15.8 Å². The molecule has 7 heteroatoms. The molecule has 8 aromatic carbocycles. The Morgan fingerprint density at radius 1 is 0.387 bits per heavy atom. The van der Waals surface area contributed by atoms with Gasteiger partial charge in [-0.05, 0) is 102 Å². The van der Waals surface area contributed by atoms with Crippen molar-refractivity contribution in [2.45, 2.75) is 0 Å². The van der Waals surface area contributed by atoms with E-state index in [2.05, 4.69) is 100 Å². The zero-order chi connectivity index (χ0) is 42.0. The smallest absolute Gasteiger partial charge is 0.160 e. The summed E-state index contributed by atoms with van der Waals surface area (Å²) in [5, 5.41) is 31.7. The standard InChI is InChI=1S/C55H33N7/c56-34-37-15-24-45(25-16-37)61(46-26-17-38(35-57)18-27-46)47-28-30-54-49(32-47)48-13-7-8-14-53(48)62(54)52-29-23-43(31-44(52)36-58)39-19-21-41(22-20-39)51-33-50(40-9-3-1-4-10-40)59-55(60-51)42-11-5-2-6-12-42/h1-33H. The molecule has 288 valence electrons. The second-order valence-electron chi connectivity index (χ2n) is 14.8. The number of para-hydroxylation sites is 1. The maximum absolute atomic E-state index is 10.7. The van der Waals surface area contributed by atoms with Crippen LogP contribution in [0.25, 0.3) is 72.5 Å². The zero-order valence-electron chi connectivity index (χ0n) is 33.2. The van der Waals surface area contributed by atoms with Gasteiger partial charge in [-0.15, -0.1) is 0 Å². The number of nitrogens with zero attached hydrogens (tertiary/aromatic N) is 7. The lowest BCUT2D eigenvalue weighted by atomic mass is 9.99. The monoisotopic (exact) mass is 791 g/mol. The van der Waals surface area contributed by atoms with E-state index in [1.807, 2.05) is 103 Å². The summed E-state index contributed by atoms with van der Waals surface area (Å²) in [7, 11) is 0. The van der Waals surface area contributed by atoms with Crippen LogP contribution in [0.4, 0.5) is 17.1 Å². The number of anilines is 3. The minimum absolute atomic E-state index is 0.547. The van der Waals surface area contributed by atoms with Crippen LogP contribution < -0.4 is 4.90 Å². The van der Waals surface area contributed by atoms with Crippen LogP contribution in [0.5, 0.6) is 0 Å². The minimum atomic E-state index is 0.547. The van der Waals surface area contributed by atoms with Crippen molar-refractivity contribution in [2.24, 2.45) is 0 Å². The maximum Gasteiger partial charge on any atom is 0.160 e. The fourth-order valence-electron chi connectivity index (χ4n) is 8.08. The molecule has 0 unspecified atom stereocenters. The summed E-state index contributed by atoms with van der Waals surface area (Å²) in [6, 6.07) is 73.0. The summed E-state index contributed by atoms with van der Waals surface area (Å²) in [5.74, 6) is 0.663. The maximum atomic E-state index is 10.7. The summed E-state index contributed by atoms with van der Waals surface area (Å²) in [6.07, 6.45) is 0. The Bertz CT molecular complexity index is 3290. The molecule has 0 saturated heterocycles. The number of nitriles is 3.